The minimum atomic E-state index is -0.436. The molecule has 5 heteroatoms. The Balaban J connectivity index is 1.92. The Morgan fingerprint density at radius 3 is 2.70 bits per heavy atom. The summed E-state index contributed by atoms with van der Waals surface area (Å²) in [4.78, 5) is 14.2. The summed E-state index contributed by atoms with van der Waals surface area (Å²) >= 11 is 0. The Morgan fingerprint density at radius 2 is 2.05 bits per heavy atom. The summed E-state index contributed by atoms with van der Waals surface area (Å²) in [5, 5.41) is 3.38. The number of nitrogens with one attached hydrogen (secondary N) is 1. The Hall–Kier alpha value is -0.810. The van der Waals surface area contributed by atoms with E-state index >= 15 is 0 Å². The molecule has 2 aliphatic heterocycles. The molecule has 0 spiro atoms. The lowest BCUT2D eigenvalue weighted by atomic mass is 9.90. The summed E-state index contributed by atoms with van der Waals surface area (Å²) in [5.41, 5.74) is -0.436. The quantitative estimate of drug-likeness (QED) is 0.843. The van der Waals surface area contributed by atoms with Crippen molar-refractivity contribution in [1.29, 1.82) is 0 Å². The van der Waals surface area contributed by atoms with Gasteiger partial charge in [0.05, 0.1) is 19.3 Å². The van der Waals surface area contributed by atoms with E-state index in [1.165, 1.54) is 12.8 Å². The lowest BCUT2D eigenvalue weighted by Crippen LogP contribution is -2.51. The summed E-state index contributed by atoms with van der Waals surface area (Å²) in [6, 6.07) is 0.168. The van der Waals surface area contributed by atoms with Gasteiger partial charge in [0.2, 0.25) is 0 Å². The first-order valence-electron chi connectivity index (χ1n) is 7.74. The second kappa shape index (κ2) is 6.76. The first-order chi connectivity index (χ1) is 9.46. The van der Waals surface area contributed by atoms with Crippen molar-refractivity contribution in [2.75, 3.05) is 32.8 Å². The fourth-order valence-electron chi connectivity index (χ4n) is 2.91. The predicted molar refractivity (Wildman–Crippen MR) is 77.8 cm³/mol. The van der Waals surface area contributed by atoms with Crippen molar-refractivity contribution in [3.05, 3.63) is 0 Å². The molecule has 2 rings (SSSR count). The van der Waals surface area contributed by atoms with Crippen LogP contribution in [0.2, 0.25) is 0 Å². The van der Waals surface area contributed by atoms with Gasteiger partial charge in [-0.05, 0) is 59.0 Å². The standard InChI is InChI=1S/C15H28N2O3/c1-15(2,3)20-14(18)17-8-9-19-11-13(17)10-12-4-6-16-7-5-12/h12-13,16H,4-11H2,1-3H3. The zero-order chi connectivity index (χ0) is 14.6. The highest BCUT2D eigenvalue weighted by Crippen LogP contribution is 2.24. The third-order valence-corrected chi connectivity index (χ3v) is 3.92. The van der Waals surface area contributed by atoms with Gasteiger partial charge in [0, 0.05) is 6.54 Å². The molecule has 0 radical (unpaired) electrons. The molecule has 0 aromatic rings. The van der Waals surface area contributed by atoms with Crippen LogP contribution in [0, 0.1) is 5.92 Å². The Labute approximate surface area is 122 Å². The van der Waals surface area contributed by atoms with Gasteiger partial charge in [-0.3, -0.25) is 0 Å². The maximum absolute atomic E-state index is 12.3. The van der Waals surface area contributed by atoms with Crippen LogP contribution in [0.4, 0.5) is 4.79 Å². The van der Waals surface area contributed by atoms with Crippen molar-refractivity contribution in [1.82, 2.24) is 10.2 Å². The third kappa shape index (κ3) is 4.63. The largest absolute Gasteiger partial charge is 0.444 e. The molecule has 1 unspecified atom stereocenters. The molecule has 5 nitrogen and oxygen atoms in total. The van der Waals surface area contributed by atoms with Gasteiger partial charge in [0.1, 0.15) is 5.60 Å². The topological polar surface area (TPSA) is 50.8 Å². The summed E-state index contributed by atoms with van der Waals surface area (Å²) < 4.78 is 11.1. The lowest BCUT2D eigenvalue weighted by Gasteiger charge is -2.38. The number of hydrogen-bond donors (Lipinski definition) is 1. The van der Waals surface area contributed by atoms with Crippen LogP contribution in [0.15, 0.2) is 0 Å². The number of nitrogens with zero attached hydrogens (tertiary/aromatic N) is 1. The minimum absolute atomic E-state index is 0.168. The number of rotatable bonds is 2. The zero-order valence-electron chi connectivity index (χ0n) is 13.0. The Kier molecular flexibility index (Phi) is 5.27. The van der Waals surface area contributed by atoms with Gasteiger partial charge < -0.3 is 19.7 Å². The SMILES string of the molecule is CC(C)(C)OC(=O)N1CCOCC1CC1CCNCC1. The molecule has 2 heterocycles. The van der Waals surface area contributed by atoms with Gasteiger partial charge in [-0.15, -0.1) is 0 Å². The van der Waals surface area contributed by atoms with Gasteiger partial charge >= 0.3 is 6.09 Å². The molecule has 0 aliphatic carbocycles. The van der Waals surface area contributed by atoms with E-state index in [4.69, 9.17) is 9.47 Å². The average Bonchev–Trinajstić information content (AvgIpc) is 2.38. The van der Waals surface area contributed by atoms with Crippen LogP contribution in [0.5, 0.6) is 0 Å². The first-order valence-corrected chi connectivity index (χ1v) is 7.74. The molecule has 0 bridgehead atoms. The van der Waals surface area contributed by atoms with Crippen molar-refractivity contribution in [2.45, 2.75) is 51.7 Å². The number of morpholine rings is 1. The van der Waals surface area contributed by atoms with Gasteiger partial charge in [-0.1, -0.05) is 0 Å². The van der Waals surface area contributed by atoms with E-state index < -0.39 is 5.60 Å². The van der Waals surface area contributed by atoms with Crippen LogP contribution in [-0.4, -0.2) is 55.5 Å². The Bertz CT molecular complexity index is 322. The summed E-state index contributed by atoms with van der Waals surface area (Å²) in [6.45, 7) is 9.80. The number of amides is 1. The third-order valence-electron chi connectivity index (χ3n) is 3.92. The maximum Gasteiger partial charge on any atom is 0.410 e. The van der Waals surface area contributed by atoms with Gasteiger partial charge in [0.25, 0.3) is 0 Å². The van der Waals surface area contributed by atoms with Crippen molar-refractivity contribution in [3.8, 4) is 0 Å². The molecular weight excluding hydrogens is 256 g/mol. The molecule has 2 aliphatic rings. The van der Waals surface area contributed by atoms with Crippen LogP contribution >= 0.6 is 0 Å². The molecule has 1 N–H and O–H groups in total. The first kappa shape index (κ1) is 15.6. The molecule has 1 atom stereocenters. The normalized spacial score (nSPS) is 25.6. The van der Waals surface area contributed by atoms with Crippen LogP contribution in [-0.2, 0) is 9.47 Å². The minimum Gasteiger partial charge on any atom is -0.444 e. The molecule has 0 aromatic carbocycles. The molecule has 1 amide bonds. The second-order valence-electron chi connectivity index (χ2n) is 6.83. The van der Waals surface area contributed by atoms with E-state index in [0.717, 1.165) is 19.5 Å². The van der Waals surface area contributed by atoms with Crippen LogP contribution < -0.4 is 5.32 Å². The van der Waals surface area contributed by atoms with E-state index in [2.05, 4.69) is 5.32 Å². The van der Waals surface area contributed by atoms with Gasteiger partial charge in [0.15, 0.2) is 0 Å². The number of ether oxygens (including phenoxy) is 2. The number of hydrogen-bond acceptors (Lipinski definition) is 4. The fraction of sp³-hybridized carbons (Fsp3) is 0.933. The van der Waals surface area contributed by atoms with Crippen LogP contribution in [0.1, 0.15) is 40.0 Å². The van der Waals surface area contributed by atoms with Crippen LogP contribution in [0.3, 0.4) is 0 Å². The summed E-state index contributed by atoms with van der Waals surface area (Å²) in [6.07, 6.45) is 3.22. The molecule has 20 heavy (non-hydrogen) atoms. The smallest absolute Gasteiger partial charge is 0.410 e. The monoisotopic (exact) mass is 284 g/mol. The average molecular weight is 284 g/mol. The van der Waals surface area contributed by atoms with E-state index in [1.54, 1.807) is 0 Å². The van der Waals surface area contributed by atoms with Crippen molar-refractivity contribution in [2.24, 2.45) is 5.92 Å². The predicted octanol–water partition coefficient (Wildman–Crippen LogP) is 2.01. The highest BCUT2D eigenvalue weighted by Gasteiger charge is 2.32. The second-order valence-corrected chi connectivity index (χ2v) is 6.83. The molecule has 0 saturated carbocycles. The maximum atomic E-state index is 12.3. The molecule has 116 valence electrons. The number of piperidine rings is 1. The highest BCUT2D eigenvalue weighted by molar-refractivity contribution is 5.68. The van der Waals surface area contributed by atoms with Crippen LogP contribution in [0.25, 0.3) is 0 Å². The van der Waals surface area contributed by atoms with Gasteiger partial charge in [-0.25, -0.2) is 4.79 Å². The van der Waals surface area contributed by atoms with E-state index in [0.29, 0.717) is 25.7 Å². The number of carbonyl (C=O) groups is 1. The summed E-state index contributed by atoms with van der Waals surface area (Å²) in [7, 11) is 0. The van der Waals surface area contributed by atoms with Crippen molar-refractivity contribution >= 4 is 6.09 Å². The molecule has 2 saturated heterocycles. The molecule has 0 aromatic heterocycles. The molecule has 2 fully saturated rings. The lowest BCUT2D eigenvalue weighted by molar-refractivity contribution is -0.0381. The van der Waals surface area contributed by atoms with E-state index in [-0.39, 0.29) is 12.1 Å². The van der Waals surface area contributed by atoms with Crippen molar-refractivity contribution in [3.63, 3.8) is 0 Å². The Morgan fingerprint density at radius 1 is 1.35 bits per heavy atom. The van der Waals surface area contributed by atoms with E-state index in [1.807, 2.05) is 25.7 Å². The summed E-state index contributed by atoms with van der Waals surface area (Å²) in [5.74, 6) is 0.688. The van der Waals surface area contributed by atoms with Crippen molar-refractivity contribution < 1.29 is 14.3 Å². The van der Waals surface area contributed by atoms with E-state index in [9.17, 15) is 4.79 Å². The highest BCUT2D eigenvalue weighted by atomic mass is 16.6. The fourth-order valence-corrected chi connectivity index (χ4v) is 2.91. The number of carbonyl (C=O) groups excluding carboxylic acids is 1. The van der Waals surface area contributed by atoms with Gasteiger partial charge in [-0.2, -0.15) is 0 Å². The molecular formula is C15H28N2O3. The zero-order valence-corrected chi connectivity index (χ0v) is 13.0.